The van der Waals surface area contributed by atoms with Crippen LogP contribution in [0.1, 0.15) is 32.8 Å². The van der Waals surface area contributed by atoms with Crippen LogP contribution in [0.15, 0.2) is 18.2 Å². The molecule has 3 N–H and O–H groups in total. The Kier molecular flexibility index (Phi) is 6.37. The molecule has 0 fully saturated rings. The fourth-order valence-electron chi connectivity index (χ4n) is 1.54. The number of ether oxygens (including phenoxy) is 1. The molecule has 21 heavy (non-hydrogen) atoms. The Morgan fingerprint density at radius 2 is 1.90 bits per heavy atom. The first kappa shape index (κ1) is 17.7. The summed E-state index contributed by atoms with van der Waals surface area (Å²) in [4.78, 5) is 11.4. The number of carbonyl (C=O) groups is 1. The first-order chi connectivity index (χ1) is 9.69. The average molecular weight is 331 g/mol. The van der Waals surface area contributed by atoms with Gasteiger partial charge in [0.15, 0.2) is 0 Å². The quantitative estimate of drug-likeness (QED) is 0.630. The summed E-state index contributed by atoms with van der Waals surface area (Å²) in [6, 6.07) is 3.29. The molecule has 4 nitrogen and oxygen atoms in total. The smallest absolute Gasteiger partial charge is 0.407 e. The van der Waals surface area contributed by atoms with Crippen LogP contribution in [0.3, 0.4) is 0 Å². The Balaban J connectivity index is 2.45. The summed E-state index contributed by atoms with van der Waals surface area (Å²) < 4.78 is 5.12. The van der Waals surface area contributed by atoms with Gasteiger partial charge >= 0.3 is 6.09 Å². The van der Waals surface area contributed by atoms with Crippen molar-refractivity contribution in [3.63, 3.8) is 0 Å². The summed E-state index contributed by atoms with van der Waals surface area (Å²) in [5.41, 5.74) is 6.37. The van der Waals surface area contributed by atoms with Crippen molar-refractivity contribution < 1.29 is 9.53 Å². The first-order valence-corrected chi connectivity index (χ1v) is 7.32. The molecule has 0 spiro atoms. The van der Waals surface area contributed by atoms with E-state index in [0.29, 0.717) is 34.3 Å². The van der Waals surface area contributed by atoms with Gasteiger partial charge in [0.2, 0.25) is 0 Å². The zero-order chi connectivity index (χ0) is 16.0. The molecule has 1 amide bonds. The van der Waals surface area contributed by atoms with E-state index in [-0.39, 0.29) is 0 Å². The molecule has 0 saturated carbocycles. The number of amides is 1. The molecule has 1 rings (SSSR count). The number of nitrogens with two attached hydrogens (primary N) is 1. The average Bonchev–Trinajstić information content (AvgIpc) is 2.29. The lowest BCUT2D eigenvalue weighted by Gasteiger charge is -2.19. The van der Waals surface area contributed by atoms with Crippen LogP contribution in [0.4, 0.5) is 10.5 Å². The fourth-order valence-corrected chi connectivity index (χ4v) is 2.17. The highest BCUT2D eigenvalue weighted by Gasteiger charge is 2.15. The van der Waals surface area contributed by atoms with Gasteiger partial charge in [-0.1, -0.05) is 35.4 Å². The Bertz CT molecular complexity index is 514. The Labute approximate surface area is 135 Å². The van der Waals surface area contributed by atoms with E-state index >= 15 is 0 Å². The standard InChI is InChI=1S/C15H20Cl2N2O2/c1-15(2,3)21-14(20)19-7-5-4-6-11-12(16)8-10(18)9-13(11)17/h4,6,8-9H,5,7,18H2,1-3H3,(H,19,20). The zero-order valence-electron chi connectivity index (χ0n) is 12.4. The summed E-state index contributed by atoms with van der Waals surface area (Å²) in [5.74, 6) is 0. The summed E-state index contributed by atoms with van der Waals surface area (Å²) in [6.07, 6.45) is 3.89. The molecule has 0 atom stereocenters. The third-order valence-electron chi connectivity index (χ3n) is 2.37. The minimum Gasteiger partial charge on any atom is -0.444 e. The Morgan fingerprint density at radius 1 is 1.33 bits per heavy atom. The molecule has 1 aromatic carbocycles. The van der Waals surface area contributed by atoms with Crippen molar-refractivity contribution in [2.75, 3.05) is 12.3 Å². The monoisotopic (exact) mass is 330 g/mol. The van der Waals surface area contributed by atoms with Crippen molar-refractivity contribution in [2.45, 2.75) is 32.8 Å². The molecule has 116 valence electrons. The van der Waals surface area contributed by atoms with Crippen molar-refractivity contribution in [3.8, 4) is 0 Å². The summed E-state index contributed by atoms with van der Waals surface area (Å²) in [5, 5.41) is 3.66. The van der Waals surface area contributed by atoms with Crippen LogP contribution in [0.25, 0.3) is 6.08 Å². The molecule has 0 unspecified atom stereocenters. The molecule has 0 aromatic heterocycles. The topological polar surface area (TPSA) is 64.3 Å². The van der Waals surface area contributed by atoms with Gasteiger partial charge in [0, 0.05) is 17.8 Å². The lowest BCUT2D eigenvalue weighted by Crippen LogP contribution is -2.32. The molecule has 0 saturated heterocycles. The summed E-state index contributed by atoms with van der Waals surface area (Å²) in [6.45, 7) is 5.92. The molecular weight excluding hydrogens is 311 g/mol. The van der Waals surface area contributed by atoms with Crippen LogP contribution in [-0.2, 0) is 4.74 Å². The number of benzene rings is 1. The highest BCUT2D eigenvalue weighted by atomic mass is 35.5. The first-order valence-electron chi connectivity index (χ1n) is 6.57. The van der Waals surface area contributed by atoms with E-state index < -0.39 is 11.7 Å². The number of hydrogen-bond donors (Lipinski definition) is 2. The fraction of sp³-hybridized carbons (Fsp3) is 0.400. The number of rotatable bonds is 4. The Hall–Kier alpha value is -1.39. The van der Waals surface area contributed by atoms with Crippen LogP contribution < -0.4 is 11.1 Å². The summed E-state index contributed by atoms with van der Waals surface area (Å²) in [7, 11) is 0. The van der Waals surface area contributed by atoms with E-state index in [4.69, 9.17) is 33.7 Å². The van der Waals surface area contributed by atoms with E-state index in [2.05, 4.69) is 5.32 Å². The van der Waals surface area contributed by atoms with E-state index in [1.165, 1.54) is 0 Å². The molecule has 1 aromatic rings. The molecule has 0 radical (unpaired) electrons. The maximum absolute atomic E-state index is 11.4. The number of hydrogen-bond acceptors (Lipinski definition) is 3. The maximum atomic E-state index is 11.4. The zero-order valence-corrected chi connectivity index (χ0v) is 13.9. The number of halogens is 2. The SMILES string of the molecule is CC(C)(C)OC(=O)NCCC=Cc1c(Cl)cc(N)cc1Cl. The minimum absolute atomic E-state index is 0.431. The number of carbonyl (C=O) groups excluding carboxylic acids is 1. The van der Waals surface area contributed by atoms with Crippen LogP contribution in [0.5, 0.6) is 0 Å². The van der Waals surface area contributed by atoms with Crippen molar-refractivity contribution in [2.24, 2.45) is 0 Å². The molecule has 0 aliphatic rings. The van der Waals surface area contributed by atoms with Crippen molar-refractivity contribution in [3.05, 3.63) is 33.8 Å². The molecule has 0 aliphatic carbocycles. The molecule has 0 heterocycles. The third kappa shape index (κ3) is 6.74. The van der Waals surface area contributed by atoms with Crippen molar-refractivity contribution in [1.29, 1.82) is 0 Å². The van der Waals surface area contributed by atoms with Gasteiger partial charge < -0.3 is 15.8 Å². The molecule has 0 aliphatic heterocycles. The number of nitrogens with one attached hydrogen (secondary N) is 1. The molecule has 6 heteroatoms. The Morgan fingerprint density at radius 3 is 2.43 bits per heavy atom. The van der Waals surface area contributed by atoms with Crippen LogP contribution in [0.2, 0.25) is 10.0 Å². The second-order valence-electron chi connectivity index (χ2n) is 5.52. The number of anilines is 1. The lowest BCUT2D eigenvalue weighted by molar-refractivity contribution is 0.0529. The van der Waals surface area contributed by atoms with Crippen LogP contribution >= 0.6 is 23.2 Å². The number of alkyl carbamates (subject to hydrolysis) is 1. The van der Waals surface area contributed by atoms with Gasteiger partial charge in [-0.05, 0) is 39.3 Å². The predicted octanol–water partition coefficient (Wildman–Crippen LogP) is 4.50. The van der Waals surface area contributed by atoms with Crippen LogP contribution in [0, 0.1) is 0 Å². The van der Waals surface area contributed by atoms with E-state index in [1.54, 1.807) is 18.2 Å². The van der Waals surface area contributed by atoms with Gasteiger partial charge in [-0.25, -0.2) is 4.79 Å². The van der Waals surface area contributed by atoms with E-state index in [1.807, 2.05) is 26.8 Å². The minimum atomic E-state index is -0.495. The van der Waals surface area contributed by atoms with Crippen molar-refractivity contribution in [1.82, 2.24) is 5.32 Å². The molecular formula is C15H20Cl2N2O2. The van der Waals surface area contributed by atoms with E-state index in [0.717, 1.165) is 0 Å². The lowest BCUT2D eigenvalue weighted by atomic mass is 10.2. The largest absolute Gasteiger partial charge is 0.444 e. The maximum Gasteiger partial charge on any atom is 0.407 e. The second kappa shape index (κ2) is 7.57. The van der Waals surface area contributed by atoms with Gasteiger partial charge in [0.25, 0.3) is 0 Å². The second-order valence-corrected chi connectivity index (χ2v) is 6.33. The third-order valence-corrected chi connectivity index (χ3v) is 2.99. The van der Waals surface area contributed by atoms with Gasteiger partial charge in [-0.2, -0.15) is 0 Å². The summed E-state index contributed by atoms with van der Waals surface area (Å²) >= 11 is 12.1. The van der Waals surface area contributed by atoms with Gasteiger partial charge in [0.05, 0.1) is 10.0 Å². The predicted molar refractivity (Wildman–Crippen MR) is 88.8 cm³/mol. The highest BCUT2D eigenvalue weighted by Crippen LogP contribution is 2.28. The van der Waals surface area contributed by atoms with Gasteiger partial charge in [-0.3, -0.25) is 0 Å². The van der Waals surface area contributed by atoms with Gasteiger partial charge in [-0.15, -0.1) is 0 Å². The van der Waals surface area contributed by atoms with Crippen LogP contribution in [-0.4, -0.2) is 18.2 Å². The van der Waals surface area contributed by atoms with Crippen molar-refractivity contribution >= 4 is 41.1 Å². The number of nitrogen functional groups attached to an aromatic ring is 1. The normalized spacial score (nSPS) is 11.7. The van der Waals surface area contributed by atoms with E-state index in [9.17, 15) is 4.79 Å². The molecule has 0 bridgehead atoms. The highest BCUT2D eigenvalue weighted by molar-refractivity contribution is 6.37. The van der Waals surface area contributed by atoms with Gasteiger partial charge in [0.1, 0.15) is 5.60 Å².